The summed E-state index contributed by atoms with van der Waals surface area (Å²) < 4.78 is 27.8. The first-order valence-electron chi connectivity index (χ1n) is 11.7. The Balaban J connectivity index is 1.61. The van der Waals surface area contributed by atoms with Crippen LogP contribution >= 0.6 is 11.6 Å². The molecule has 4 aromatic rings. The Labute approximate surface area is 222 Å². The number of nitrogens with one attached hydrogen (secondary N) is 1. The molecule has 7 nitrogen and oxygen atoms in total. The van der Waals surface area contributed by atoms with Gasteiger partial charge in [-0.3, -0.25) is 4.79 Å². The van der Waals surface area contributed by atoms with Crippen LogP contribution < -0.4 is 9.62 Å². The third kappa shape index (κ3) is 6.93. The monoisotopic (exact) mass is 534 g/mol. The Morgan fingerprint density at radius 3 is 2.38 bits per heavy atom. The van der Waals surface area contributed by atoms with Gasteiger partial charge in [-0.15, -0.1) is 0 Å². The van der Waals surface area contributed by atoms with E-state index in [4.69, 9.17) is 11.6 Å². The molecule has 0 unspecified atom stereocenters. The number of aromatic nitrogens is 2. The first-order chi connectivity index (χ1) is 17.7. The van der Waals surface area contributed by atoms with E-state index in [1.807, 2.05) is 49.2 Å². The summed E-state index contributed by atoms with van der Waals surface area (Å²) in [5.41, 5.74) is 3.41. The van der Waals surface area contributed by atoms with E-state index in [-0.39, 0.29) is 16.9 Å². The van der Waals surface area contributed by atoms with Gasteiger partial charge in [0.1, 0.15) is 0 Å². The Morgan fingerprint density at radius 2 is 1.68 bits per heavy atom. The summed E-state index contributed by atoms with van der Waals surface area (Å²) in [5, 5.41) is 0.555. The van der Waals surface area contributed by atoms with Gasteiger partial charge in [-0.05, 0) is 48.7 Å². The minimum absolute atomic E-state index is 0.000949. The lowest BCUT2D eigenvalue weighted by Crippen LogP contribution is -2.32. The van der Waals surface area contributed by atoms with Crippen LogP contribution in [0.3, 0.4) is 0 Å². The molecule has 0 atom stereocenters. The van der Waals surface area contributed by atoms with Crippen LogP contribution in [0.15, 0.2) is 90.0 Å². The molecule has 1 amide bonds. The quantitative estimate of drug-likeness (QED) is 0.331. The van der Waals surface area contributed by atoms with Crippen LogP contribution in [0.25, 0.3) is 0 Å². The Bertz CT molecular complexity index is 1490. The fourth-order valence-corrected chi connectivity index (χ4v) is 4.93. The summed E-state index contributed by atoms with van der Waals surface area (Å²) in [6.07, 6.45) is 2.44. The third-order valence-corrected chi connectivity index (χ3v) is 7.42. The number of hydrogen-bond acceptors (Lipinski definition) is 6. The van der Waals surface area contributed by atoms with E-state index in [1.54, 1.807) is 24.3 Å². The van der Waals surface area contributed by atoms with Gasteiger partial charge >= 0.3 is 0 Å². The second kappa shape index (κ2) is 11.5. The highest BCUT2D eigenvalue weighted by Crippen LogP contribution is 2.19. The number of amides is 1. The number of likely N-dealkylation sites (N-methyl/N-ethyl adjacent to an activating group) is 1. The predicted molar refractivity (Wildman–Crippen MR) is 146 cm³/mol. The highest BCUT2D eigenvalue weighted by molar-refractivity contribution is 7.90. The molecule has 190 valence electrons. The van der Waals surface area contributed by atoms with E-state index in [0.29, 0.717) is 23.2 Å². The van der Waals surface area contributed by atoms with Gasteiger partial charge in [0.25, 0.3) is 15.9 Å². The maximum absolute atomic E-state index is 13.2. The molecular formula is C28H27ClN4O3S. The van der Waals surface area contributed by atoms with Gasteiger partial charge in [0.15, 0.2) is 0 Å². The number of nitrogens with zero attached hydrogens (tertiary/aromatic N) is 3. The molecule has 0 aliphatic rings. The Morgan fingerprint density at radius 1 is 0.973 bits per heavy atom. The predicted octanol–water partition coefficient (Wildman–Crippen LogP) is 4.83. The molecule has 1 heterocycles. The lowest BCUT2D eigenvalue weighted by atomic mass is 10.1. The molecule has 0 saturated carbocycles. The van der Waals surface area contributed by atoms with Crippen molar-refractivity contribution in [2.45, 2.75) is 24.7 Å². The van der Waals surface area contributed by atoms with Crippen molar-refractivity contribution in [3.63, 3.8) is 0 Å². The number of hydrogen-bond donors (Lipinski definition) is 1. The molecule has 0 aliphatic carbocycles. The Hall–Kier alpha value is -3.75. The lowest BCUT2D eigenvalue weighted by molar-refractivity contribution is 0.0980. The molecule has 9 heteroatoms. The van der Waals surface area contributed by atoms with Crippen molar-refractivity contribution in [3.05, 3.63) is 118 Å². The van der Waals surface area contributed by atoms with Gasteiger partial charge in [-0.2, -0.15) is 0 Å². The molecule has 3 aromatic carbocycles. The summed E-state index contributed by atoms with van der Waals surface area (Å²) in [6, 6.07) is 23.6. The standard InChI is InChI=1S/C28H27ClN4O3S/c1-20-11-13-24(14-12-20)37(35,36)32-27(34)25-19-30-28(33(2)16-15-21-7-4-3-5-8-21)31-26(25)18-22-9-6-10-23(29)17-22/h3-14,17,19H,15-16,18H2,1-2H3,(H,32,34). The van der Waals surface area contributed by atoms with Gasteiger partial charge in [0, 0.05) is 31.2 Å². The van der Waals surface area contributed by atoms with Gasteiger partial charge in [-0.1, -0.05) is 71.8 Å². The summed E-state index contributed by atoms with van der Waals surface area (Å²) >= 11 is 6.16. The van der Waals surface area contributed by atoms with Crippen molar-refractivity contribution in [1.29, 1.82) is 0 Å². The van der Waals surface area contributed by atoms with Crippen molar-refractivity contribution < 1.29 is 13.2 Å². The molecule has 1 aromatic heterocycles. The zero-order chi connectivity index (χ0) is 26.4. The minimum Gasteiger partial charge on any atom is -0.344 e. The van der Waals surface area contributed by atoms with Crippen LogP contribution in [-0.4, -0.2) is 37.9 Å². The fraction of sp³-hybridized carbons (Fsp3) is 0.179. The molecule has 0 bridgehead atoms. The van der Waals surface area contributed by atoms with Gasteiger partial charge in [0.2, 0.25) is 5.95 Å². The van der Waals surface area contributed by atoms with E-state index in [0.717, 1.165) is 17.5 Å². The van der Waals surface area contributed by atoms with Gasteiger partial charge in [0.05, 0.1) is 16.2 Å². The molecule has 0 fully saturated rings. The molecule has 37 heavy (non-hydrogen) atoms. The number of sulfonamides is 1. The van der Waals surface area contributed by atoms with E-state index >= 15 is 0 Å². The van der Waals surface area contributed by atoms with E-state index in [9.17, 15) is 13.2 Å². The molecule has 0 radical (unpaired) electrons. The number of rotatable bonds is 9. The van der Waals surface area contributed by atoms with Gasteiger partial charge < -0.3 is 4.90 Å². The number of carbonyl (C=O) groups is 1. The van der Waals surface area contributed by atoms with E-state index < -0.39 is 15.9 Å². The van der Waals surface area contributed by atoms with Crippen molar-refractivity contribution in [2.24, 2.45) is 0 Å². The van der Waals surface area contributed by atoms with Crippen molar-refractivity contribution in [2.75, 3.05) is 18.5 Å². The van der Waals surface area contributed by atoms with Crippen LogP contribution in [0, 0.1) is 6.92 Å². The SMILES string of the molecule is Cc1ccc(S(=O)(=O)NC(=O)c2cnc(N(C)CCc3ccccc3)nc2Cc2cccc(Cl)c2)cc1. The average Bonchev–Trinajstić information content (AvgIpc) is 2.88. The molecule has 0 aliphatic heterocycles. The summed E-state index contributed by atoms with van der Waals surface area (Å²) in [4.78, 5) is 24.1. The molecule has 4 rings (SSSR count). The topological polar surface area (TPSA) is 92.3 Å². The van der Waals surface area contributed by atoms with Crippen LogP contribution in [0.1, 0.15) is 32.7 Å². The molecule has 1 N–H and O–H groups in total. The summed E-state index contributed by atoms with van der Waals surface area (Å²) in [5.74, 6) is -0.359. The maximum atomic E-state index is 13.2. The van der Waals surface area contributed by atoms with Crippen molar-refractivity contribution in [1.82, 2.24) is 14.7 Å². The molecular weight excluding hydrogens is 508 g/mol. The zero-order valence-electron chi connectivity index (χ0n) is 20.6. The third-order valence-electron chi connectivity index (χ3n) is 5.84. The Kier molecular flexibility index (Phi) is 8.21. The fourth-order valence-electron chi connectivity index (χ4n) is 3.75. The van der Waals surface area contributed by atoms with Crippen LogP contribution in [0.2, 0.25) is 5.02 Å². The normalized spacial score (nSPS) is 11.2. The van der Waals surface area contributed by atoms with Crippen LogP contribution in [0.5, 0.6) is 0 Å². The van der Waals surface area contributed by atoms with E-state index in [1.165, 1.54) is 23.9 Å². The van der Waals surface area contributed by atoms with Crippen molar-refractivity contribution in [3.8, 4) is 0 Å². The first-order valence-corrected chi connectivity index (χ1v) is 13.6. The first kappa shape index (κ1) is 26.3. The summed E-state index contributed by atoms with van der Waals surface area (Å²) in [7, 11) is -2.20. The van der Waals surface area contributed by atoms with Crippen LogP contribution in [0.4, 0.5) is 5.95 Å². The van der Waals surface area contributed by atoms with Crippen molar-refractivity contribution >= 4 is 33.5 Å². The number of aryl methyl sites for hydroxylation is 1. The molecule has 0 spiro atoms. The van der Waals surface area contributed by atoms with Gasteiger partial charge in [-0.25, -0.2) is 23.1 Å². The maximum Gasteiger partial charge on any atom is 0.268 e. The van der Waals surface area contributed by atoms with Crippen LogP contribution in [-0.2, 0) is 22.9 Å². The lowest BCUT2D eigenvalue weighted by Gasteiger charge is -2.19. The smallest absolute Gasteiger partial charge is 0.268 e. The summed E-state index contributed by atoms with van der Waals surface area (Å²) in [6.45, 7) is 2.51. The largest absolute Gasteiger partial charge is 0.344 e. The minimum atomic E-state index is -4.07. The molecule has 0 saturated heterocycles. The average molecular weight is 535 g/mol. The van der Waals surface area contributed by atoms with E-state index in [2.05, 4.69) is 26.8 Å². The second-order valence-corrected chi connectivity index (χ2v) is 10.9. The highest BCUT2D eigenvalue weighted by Gasteiger charge is 2.23. The number of anilines is 1. The number of halogens is 1. The number of carbonyl (C=O) groups excluding carboxylic acids is 1. The zero-order valence-corrected chi connectivity index (χ0v) is 22.1. The highest BCUT2D eigenvalue weighted by atomic mass is 35.5. The number of benzene rings is 3. The second-order valence-electron chi connectivity index (χ2n) is 8.74.